The summed E-state index contributed by atoms with van der Waals surface area (Å²) < 4.78 is 0. The van der Waals surface area contributed by atoms with E-state index < -0.39 is 11.5 Å². The van der Waals surface area contributed by atoms with Crippen LogP contribution in [0.2, 0.25) is 0 Å². The zero-order chi connectivity index (χ0) is 15.0. The second-order valence-corrected chi connectivity index (χ2v) is 5.52. The van der Waals surface area contributed by atoms with Gasteiger partial charge in [-0.15, -0.1) is 6.42 Å². The van der Waals surface area contributed by atoms with E-state index in [9.17, 15) is 9.59 Å². The highest BCUT2D eigenvalue weighted by atomic mass is 16.4. The molecule has 0 aromatic carbocycles. The molecule has 20 heavy (non-hydrogen) atoms. The fraction of sp³-hybridized carbons (Fsp3) is 0.733. The lowest BCUT2D eigenvalue weighted by Crippen LogP contribution is -2.55. The second kappa shape index (κ2) is 7.78. The maximum absolute atomic E-state index is 12.0. The van der Waals surface area contributed by atoms with Gasteiger partial charge < -0.3 is 15.7 Å². The van der Waals surface area contributed by atoms with Crippen LogP contribution in [0.25, 0.3) is 0 Å². The van der Waals surface area contributed by atoms with Gasteiger partial charge >= 0.3 is 12.0 Å². The van der Waals surface area contributed by atoms with E-state index in [1.807, 2.05) is 6.92 Å². The van der Waals surface area contributed by atoms with Crippen LogP contribution in [0.1, 0.15) is 58.3 Å². The molecule has 1 saturated carbocycles. The van der Waals surface area contributed by atoms with Gasteiger partial charge in [0.1, 0.15) is 0 Å². The van der Waals surface area contributed by atoms with Gasteiger partial charge in [0.25, 0.3) is 0 Å². The number of carbonyl (C=O) groups excluding carboxylic acids is 1. The van der Waals surface area contributed by atoms with E-state index in [1.54, 1.807) is 0 Å². The van der Waals surface area contributed by atoms with Gasteiger partial charge in [-0.2, -0.15) is 0 Å². The van der Waals surface area contributed by atoms with Crippen molar-refractivity contribution in [2.24, 2.45) is 0 Å². The minimum Gasteiger partial charge on any atom is -0.481 e. The molecule has 3 N–H and O–H groups in total. The third kappa shape index (κ3) is 5.12. The van der Waals surface area contributed by atoms with Gasteiger partial charge in [0.2, 0.25) is 0 Å². The molecule has 1 atom stereocenters. The monoisotopic (exact) mass is 280 g/mol. The summed E-state index contributed by atoms with van der Waals surface area (Å²) in [6.45, 7) is 2.00. The van der Waals surface area contributed by atoms with E-state index in [0.717, 1.165) is 32.1 Å². The maximum atomic E-state index is 12.0. The summed E-state index contributed by atoms with van der Waals surface area (Å²) >= 11 is 0. The van der Waals surface area contributed by atoms with Gasteiger partial charge in [-0.25, -0.2) is 4.79 Å². The molecule has 5 heteroatoms. The molecule has 2 amide bonds. The third-order valence-corrected chi connectivity index (χ3v) is 3.76. The van der Waals surface area contributed by atoms with Crippen molar-refractivity contribution in [1.29, 1.82) is 0 Å². The first kappa shape index (κ1) is 16.4. The molecule has 0 spiro atoms. The molecule has 1 unspecified atom stereocenters. The lowest BCUT2D eigenvalue weighted by molar-refractivity contribution is -0.139. The lowest BCUT2D eigenvalue weighted by Gasteiger charge is -2.37. The summed E-state index contributed by atoms with van der Waals surface area (Å²) in [4.78, 5) is 23.1. The molecule has 0 radical (unpaired) electrons. The Balaban J connectivity index is 2.62. The molecular weight excluding hydrogens is 256 g/mol. The Hall–Kier alpha value is -1.70. The third-order valence-electron chi connectivity index (χ3n) is 3.76. The normalized spacial score (nSPS) is 18.6. The van der Waals surface area contributed by atoms with Crippen molar-refractivity contribution in [2.45, 2.75) is 69.9 Å². The first-order valence-electron chi connectivity index (χ1n) is 7.28. The standard InChI is InChI=1S/C15H24N2O3/c1-3-8-12(4-2)16-14(20)17-15(11-13(18)19)9-6-5-7-10-15/h2,12H,3,5-11H2,1H3,(H,18,19)(H2,16,17,20). The molecule has 0 saturated heterocycles. The van der Waals surface area contributed by atoms with Gasteiger partial charge in [-0.05, 0) is 19.3 Å². The number of hydrogen-bond acceptors (Lipinski definition) is 2. The number of hydrogen-bond donors (Lipinski definition) is 3. The Morgan fingerprint density at radius 3 is 2.50 bits per heavy atom. The number of carboxylic acids is 1. The number of terminal acetylenes is 1. The van der Waals surface area contributed by atoms with Crippen LogP contribution in [0.15, 0.2) is 0 Å². The van der Waals surface area contributed by atoms with E-state index >= 15 is 0 Å². The first-order valence-corrected chi connectivity index (χ1v) is 7.28. The number of carboxylic acid groups (broad SMARTS) is 1. The molecule has 1 aliphatic rings. The zero-order valence-corrected chi connectivity index (χ0v) is 12.1. The maximum Gasteiger partial charge on any atom is 0.316 e. The molecule has 0 bridgehead atoms. The number of amides is 2. The van der Waals surface area contributed by atoms with Gasteiger partial charge in [0.15, 0.2) is 0 Å². The van der Waals surface area contributed by atoms with E-state index in [0.29, 0.717) is 12.8 Å². The minimum atomic E-state index is -0.880. The van der Waals surface area contributed by atoms with Crippen molar-refractivity contribution in [1.82, 2.24) is 10.6 Å². The van der Waals surface area contributed by atoms with Crippen molar-refractivity contribution in [3.8, 4) is 12.3 Å². The fourth-order valence-corrected chi connectivity index (χ4v) is 2.79. The van der Waals surface area contributed by atoms with Gasteiger partial charge in [-0.3, -0.25) is 4.79 Å². The van der Waals surface area contributed by atoms with E-state index in [-0.39, 0.29) is 18.5 Å². The average molecular weight is 280 g/mol. The average Bonchev–Trinajstić information content (AvgIpc) is 2.37. The number of carbonyl (C=O) groups is 2. The summed E-state index contributed by atoms with van der Waals surface area (Å²) in [5.41, 5.74) is -0.625. The Labute approximate surface area is 120 Å². The van der Waals surface area contributed by atoms with Crippen LogP contribution >= 0.6 is 0 Å². The zero-order valence-electron chi connectivity index (χ0n) is 12.1. The number of aliphatic carboxylic acids is 1. The summed E-state index contributed by atoms with van der Waals surface area (Å²) in [5.74, 6) is 1.66. The van der Waals surface area contributed by atoms with Gasteiger partial charge in [0, 0.05) is 0 Å². The highest BCUT2D eigenvalue weighted by Crippen LogP contribution is 2.31. The number of rotatable bonds is 6. The van der Waals surface area contributed by atoms with E-state index in [4.69, 9.17) is 11.5 Å². The van der Waals surface area contributed by atoms with E-state index in [2.05, 4.69) is 16.6 Å². The molecule has 0 aromatic rings. The molecule has 112 valence electrons. The molecular formula is C15H24N2O3. The minimum absolute atomic E-state index is 0.0328. The number of nitrogens with one attached hydrogen (secondary N) is 2. The molecule has 0 aliphatic heterocycles. The largest absolute Gasteiger partial charge is 0.481 e. The van der Waals surface area contributed by atoms with E-state index in [1.165, 1.54) is 0 Å². The van der Waals surface area contributed by atoms with Crippen LogP contribution in [0, 0.1) is 12.3 Å². The van der Waals surface area contributed by atoms with Crippen molar-refractivity contribution >= 4 is 12.0 Å². The predicted octanol–water partition coefficient (Wildman–Crippen LogP) is 2.27. The van der Waals surface area contributed by atoms with Crippen LogP contribution in [0.4, 0.5) is 4.79 Å². The van der Waals surface area contributed by atoms with Crippen LogP contribution < -0.4 is 10.6 Å². The Kier molecular flexibility index (Phi) is 6.37. The highest BCUT2D eigenvalue weighted by molar-refractivity contribution is 5.77. The molecule has 0 aromatic heterocycles. The Morgan fingerprint density at radius 1 is 1.35 bits per heavy atom. The Bertz CT molecular complexity index is 381. The summed E-state index contributed by atoms with van der Waals surface area (Å²) in [6.07, 6.45) is 11.3. The second-order valence-electron chi connectivity index (χ2n) is 5.52. The molecule has 1 aliphatic carbocycles. The highest BCUT2D eigenvalue weighted by Gasteiger charge is 2.36. The van der Waals surface area contributed by atoms with Crippen molar-refractivity contribution < 1.29 is 14.7 Å². The van der Waals surface area contributed by atoms with Gasteiger partial charge in [0.05, 0.1) is 18.0 Å². The SMILES string of the molecule is C#CC(CCC)NC(=O)NC1(CC(=O)O)CCCCC1. The Morgan fingerprint density at radius 2 is 2.00 bits per heavy atom. The van der Waals surface area contributed by atoms with Crippen LogP contribution in [-0.4, -0.2) is 28.7 Å². The molecule has 0 heterocycles. The molecule has 5 nitrogen and oxygen atoms in total. The van der Waals surface area contributed by atoms with Crippen LogP contribution in [0.5, 0.6) is 0 Å². The fourth-order valence-electron chi connectivity index (χ4n) is 2.79. The first-order chi connectivity index (χ1) is 9.51. The van der Waals surface area contributed by atoms with Crippen molar-refractivity contribution in [3.63, 3.8) is 0 Å². The van der Waals surface area contributed by atoms with Crippen LogP contribution in [-0.2, 0) is 4.79 Å². The van der Waals surface area contributed by atoms with Gasteiger partial charge in [-0.1, -0.05) is 38.5 Å². The predicted molar refractivity (Wildman–Crippen MR) is 77.3 cm³/mol. The molecule has 1 rings (SSSR count). The number of urea groups is 1. The topological polar surface area (TPSA) is 78.4 Å². The molecule has 1 fully saturated rings. The van der Waals surface area contributed by atoms with Crippen LogP contribution in [0.3, 0.4) is 0 Å². The quantitative estimate of drug-likeness (QED) is 0.653. The van der Waals surface area contributed by atoms with Crippen molar-refractivity contribution in [2.75, 3.05) is 0 Å². The smallest absolute Gasteiger partial charge is 0.316 e. The summed E-state index contributed by atoms with van der Waals surface area (Å²) in [5, 5.41) is 14.6. The lowest BCUT2D eigenvalue weighted by atomic mass is 9.79. The summed E-state index contributed by atoms with van der Waals surface area (Å²) in [7, 11) is 0. The summed E-state index contributed by atoms with van der Waals surface area (Å²) in [6, 6.07) is -0.657. The van der Waals surface area contributed by atoms with Crippen molar-refractivity contribution in [3.05, 3.63) is 0 Å².